The summed E-state index contributed by atoms with van der Waals surface area (Å²) in [6.07, 6.45) is 1.20. The number of nitrogens with zero attached hydrogens (tertiary/aromatic N) is 1. The molecule has 0 bridgehead atoms. The maximum atomic E-state index is 5.94. The van der Waals surface area contributed by atoms with E-state index in [1.807, 2.05) is 24.3 Å². The van der Waals surface area contributed by atoms with Crippen molar-refractivity contribution in [1.82, 2.24) is 0 Å². The van der Waals surface area contributed by atoms with Gasteiger partial charge in [0.2, 0.25) is 0 Å². The van der Waals surface area contributed by atoms with Gasteiger partial charge in [0, 0.05) is 12.2 Å². The first-order chi connectivity index (χ1) is 10.8. The molecule has 0 aliphatic heterocycles. The minimum absolute atomic E-state index is 0.462. The van der Waals surface area contributed by atoms with Gasteiger partial charge in [-0.15, -0.1) is 0 Å². The molecule has 3 rings (SSSR count). The second-order valence-electron chi connectivity index (χ2n) is 5.59. The van der Waals surface area contributed by atoms with E-state index in [2.05, 4.69) is 40.6 Å². The van der Waals surface area contributed by atoms with Crippen LogP contribution in [0.25, 0.3) is 0 Å². The molecule has 4 nitrogen and oxygen atoms in total. The van der Waals surface area contributed by atoms with Crippen molar-refractivity contribution in [2.75, 3.05) is 19.0 Å². The number of methoxy groups -OCH3 is 1. The van der Waals surface area contributed by atoms with Gasteiger partial charge < -0.3 is 15.8 Å². The zero-order valence-corrected chi connectivity index (χ0v) is 12.7. The van der Waals surface area contributed by atoms with Crippen molar-refractivity contribution in [1.29, 1.82) is 0 Å². The number of anilines is 1. The summed E-state index contributed by atoms with van der Waals surface area (Å²) in [5.41, 5.74) is 8.27. The zero-order chi connectivity index (χ0) is 15.4. The Bertz CT molecular complexity index is 637. The Morgan fingerprint density at radius 1 is 1.18 bits per heavy atom. The average Bonchev–Trinajstić information content (AvgIpc) is 3.34. The third-order valence-corrected chi connectivity index (χ3v) is 4.01. The van der Waals surface area contributed by atoms with E-state index in [0.29, 0.717) is 17.8 Å². The standard InChI is InChI=1S/C18H21N3O/c1-22-16-9-7-15(8-10-16)21-18(19)20-12-14-11-17(14)13-5-3-2-4-6-13/h2-10,14,17H,11-12H2,1H3,(H3,19,20,21). The van der Waals surface area contributed by atoms with Crippen LogP contribution in [0.4, 0.5) is 5.69 Å². The Balaban J connectivity index is 1.51. The summed E-state index contributed by atoms with van der Waals surface area (Å²) in [7, 11) is 1.65. The minimum atomic E-state index is 0.462. The number of ether oxygens (including phenoxy) is 1. The van der Waals surface area contributed by atoms with Gasteiger partial charge in [0.15, 0.2) is 5.96 Å². The molecule has 0 heterocycles. The molecule has 3 N–H and O–H groups in total. The van der Waals surface area contributed by atoms with Crippen molar-refractivity contribution < 1.29 is 4.74 Å². The highest BCUT2D eigenvalue weighted by Gasteiger charge is 2.37. The smallest absolute Gasteiger partial charge is 0.193 e. The van der Waals surface area contributed by atoms with Gasteiger partial charge in [-0.1, -0.05) is 30.3 Å². The molecule has 2 aromatic rings. The first-order valence-corrected chi connectivity index (χ1v) is 7.52. The molecule has 0 aromatic heterocycles. The number of benzene rings is 2. The van der Waals surface area contributed by atoms with Crippen LogP contribution in [0.3, 0.4) is 0 Å². The Morgan fingerprint density at radius 3 is 2.59 bits per heavy atom. The van der Waals surface area contributed by atoms with Crippen molar-refractivity contribution >= 4 is 11.6 Å². The lowest BCUT2D eigenvalue weighted by Crippen LogP contribution is -2.23. The van der Waals surface area contributed by atoms with E-state index in [1.54, 1.807) is 7.11 Å². The van der Waals surface area contributed by atoms with Crippen molar-refractivity contribution in [3.8, 4) is 5.75 Å². The summed E-state index contributed by atoms with van der Waals surface area (Å²) in [6.45, 7) is 0.772. The Morgan fingerprint density at radius 2 is 1.91 bits per heavy atom. The fourth-order valence-corrected chi connectivity index (χ4v) is 2.64. The summed E-state index contributed by atoms with van der Waals surface area (Å²) in [5.74, 6) is 2.53. The Hall–Kier alpha value is -2.49. The van der Waals surface area contributed by atoms with E-state index in [0.717, 1.165) is 18.0 Å². The third kappa shape index (κ3) is 3.58. The fraction of sp³-hybridized carbons (Fsp3) is 0.278. The largest absolute Gasteiger partial charge is 0.497 e. The van der Waals surface area contributed by atoms with Crippen LogP contribution in [0, 0.1) is 5.92 Å². The van der Waals surface area contributed by atoms with Crippen LogP contribution in [-0.4, -0.2) is 19.6 Å². The lowest BCUT2D eigenvalue weighted by atomic mass is 10.1. The molecule has 2 atom stereocenters. The van der Waals surface area contributed by atoms with Gasteiger partial charge in [0.1, 0.15) is 5.75 Å². The van der Waals surface area contributed by atoms with Gasteiger partial charge in [0.05, 0.1) is 7.11 Å². The average molecular weight is 295 g/mol. The Labute approximate surface area is 131 Å². The molecule has 22 heavy (non-hydrogen) atoms. The van der Waals surface area contributed by atoms with E-state index in [1.165, 1.54) is 12.0 Å². The molecule has 2 unspecified atom stereocenters. The van der Waals surface area contributed by atoms with E-state index in [-0.39, 0.29) is 0 Å². The number of rotatable bonds is 5. The molecule has 2 aromatic carbocycles. The molecule has 0 spiro atoms. The summed E-state index contributed by atoms with van der Waals surface area (Å²) >= 11 is 0. The first kappa shape index (κ1) is 14.4. The van der Waals surface area contributed by atoms with E-state index in [4.69, 9.17) is 10.5 Å². The van der Waals surface area contributed by atoms with Crippen molar-refractivity contribution in [2.45, 2.75) is 12.3 Å². The number of hydrogen-bond donors (Lipinski definition) is 2. The summed E-state index contributed by atoms with van der Waals surface area (Å²) in [5, 5.41) is 3.10. The number of guanidine groups is 1. The molecule has 0 radical (unpaired) electrons. The van der Waals surface area contributed by atoms with Gasteiger partial charge in [-0.2, -0.15) is 0 Å². The van der Waals surface area contributed by atoms with Crippen molar-refractivity contribution in [2.24, 2.45) is 16.6 Å². The fourth-order valence-electron chi connectivity index (χ4n) is 2.64. The van der Waals surface area contributed by atoms with Crippen LogP contribution in [0.15, 0.2) is 59.6 Å². The topological polar surface area (TPSA) is 59.6 Å². The molecule has 1 saturated carbocycles. The van der Waals surface area contributed by atoms with Crippen LogP contribution in [0.5, 0.6) is 5.75 Å². The van der Waals surface area contributed by atoms with Crippen LogP contribution in [0.1, 0.15) is 17.9 Å². The second-order valence-corrected chi connectivity index (χ2v) is 5.59. The molecule has 1 fully saturated rings. The highest BCUT2D eigenvalue weighted by molar-refractivity contribution is 5.92. The molecule has 0 amide bonds. The molecule has 4 heteroatoms. The zero-order valence-electron chi connectivity index (χ0n) is 12.7. The van der Waals surface area contributed by atoms with Gasteiger partial charge in [-0.3, -0.25) is 4.99 Å². The lowest BCUT2D eigenvalue weighted by Gasteiger charge is -2.06. The van der Waals surface area contributed by atoms with Crippen molar-refractivity contribution in [3.05, 3.63) is 60.2 Å². The van der Waals surface area contributed by atoms with Crippen LogP contribution < -0.4 is 15.8 Å². The van der Waals surface area contributed by atoms with E-state index in [9.17, 15) is 0 Å². The highest BCUT2D eigenvalue weighted by Crippen LogP contribution is 2.47. The molecule has 1 aliphatic carbocycles. The summed E-state index contributed by atoms with van der Waals surface area (Å²) in [6, 6.07) is 18.2. The lowest BCUT2D eigenvalue weighted by molar-refractivity contribution is 0.415. The number of hydrogen-bond acceptors (Lipinski definition) is 2. The van der Waals surface area contributed by atoms with Gasteiger partial charge in [-0.05, 0) is 48.1 Å². The number of aliphatic imine (C=N–C) groups is 1. The van der Waals surface area contributed by atoms with Crippen LogP contribution in [-0.2, 0) is 0 Å². The van der Waals surface area contributed by atoms with E-state index >= 15 is 0 Å². The van der Waals surface area contributed by atoms with E-state index < -0.39 is 0 Å². The SMILES string of the molecule is COc1ccc(NC(N)=NCC2CC2c2ccccc2)cc1. The predicted molar refractivity (Wildman–Crippen MR) is 90.4 cm³/mol. The van der Waals surface area contributed by atoms with Gasteiger partial charge in [-0.25, -0.2) is 0 Å². The predicted octanol–water partition coefficient (Wildman–Crippen LogP) is 3.23. The van der Waals surface area contributed by atoms with Crippen LogP contribution in [0.2, 0.25) is 0 Å². The van der Waals surface area contributed by atoms with Gasteiger partial charge >= 0.3 is 0 Å². The maximum absolute atomic E-state index is 5.94. The normalized spacial score (nSPS) is 20.5. The molecule has 0 saturated heterocycles. The van der Waals surface area contributed by atoms with Gasteiger partial charge in [0.25, 0.3) is 0 Å². The number of nitrogens with one attached hydrogen (secondary N) is 1. The minimum Gasteiger partial charge on any atom is -0.497 e. The maximum Gasteiger partial charge on any atom is 0.193 e. The summed E-state index contributed by atoms with van der Waals surface area (Å²) in [4.78, 5) is 4.45. The molecule has 1 aliphatic rings. The quantitative estimate of drug-likeness (QED) is 0.657. The monoisotopic (exact) mass is 295 g/mol. The highest BCUT2D eigenvalue weighted by atomic mass is 16.5. The second kappa shape index (κ2) is 6.52. The molecule has 114 valence electrons. The first-order valence-electron chi connectivity index (χ1n) is 7.52. The number of nitrogens with two attached hydrogens (primary N) is 1. The molecular weight excluding hydrogens is 274 g/mol. The summed E-state index contributed by atoms with van der Waals surface area (Å²) < 4.78 is 5.13. The van der Waals surface area contributed by atoms with Crippen LogP contribution >= 0.6 is 0 Å². The third-order valence-electron chi connectivity index (χ3n) is 4.01. The van der Waals surface area contributed by atoms with Crippen molar-refractivity contribution in [3.63, 3.8) is 0 Å². The molecular formula is C18H21N3O. The Kier molecular flexibility index (Phi) is 4.28.